The molecule has 19 heavy (non-hydrogen) atoms. The second kappa shape index (κ2) is 4.83. The van der Waals surface area contributed by atoms with E-state index in [0.29, 0.717) is 18.5 Å². The maximum atomic E-state index is 13.2. The molecule has 3 nitrogen and oxygen atoms in total. The van der Waals surface area contributed by atoms with Crippen molar-refractivity contribution in [3.05, 3.63) is 30.1 Å². The number of carboxylic acids is 1. The highest BCUT2D eigenvalue weighted by atomic mass is 19.1. The van der Waals surface area contributed by atoms with Gasteiger partial charge in [-0.05, 0) is 49.3 Å². The Labute approximate surface area is 112 Å². The molecule has 0 aliphatic heterocycles. The average molecular weight is 265 g/mol. The van der Waals surface area contributed by atoms with Gasteiger partial charge in [-0.2, -0.15) is 0 Å². The van der Waals surface area contributed by atoms with Crippen LogP contribution in [0.2, 0.25) is 0 Å². The van der Waals surface area contributed by atoms with E-state index in [1.165, 1.54) is 12.1 Å². The summed E-state index contributed by atoms with van der Waals surface area (Å²) in [7, 11) is 0. The number of hydrogen-bond donors (Lipinski definition) is 2. The van der Waals surface area contributed by atoms with Gasteiger partial charge in [0.1, 0.15) is 11.4 Å². The fourth-order valence-electron chi connectivity index (χ4n) is 3.05. The molecule has 1 unspecified atom stereocenters. The molecule has 0 heterocycles. The molecule has 0 aromatic heterocycles. The molecular formula is C15H20FNO2. The van der Waals surface area contributed by atoms with Gasteiger partial charge in [-0.3, -0.25) is 0 Å². The van der Waals surface area contributed by atoms with E-state index in [1.54, 1.807) is 12.1 Å². The fourth-order valence-corrected chi connectivity index (χ4v) is 3.05. The fraction of sp³-hybridized carbons (Fsp3) is 0.533. The van der Waals surface area contributed by atoms with Gasteiger partial charge in [0.2, 0.25) is 0 Å². The van der Waals surface area contributed by atoms with E-state index >= 15 is 0 Å². The highest BCUT2D eigenvalue weighted by molar-refractivity contribution is 5.83. The highest BCUT2D eigenvalue weighted by Gasteiger charge is 2.45. The van der Waals surface area contributed by atoms with Gasteiger partial charge in [-0.15, -0.1) is 0 Å². The summed E-state index contributed by atoms with van der Waals surface area (Å²) in [6, 6.07) is 5.98. The molecule has 1 aromatic carbocycles. The minimum absolute atomic E-state index is 0.0169. The third kappa shape index (κ3) is 3.06. The van der Waals surface area contributed by atoms with Gasteiger partial charge in [0, 0.05) is 5.69 Å². The molecule has 1 aliphatic carbocycles. The maximum Gasteiger partial charge on any atom is 0.329 e. The van der Waals surface area contributed by atoms with Crippen molar-refractivity contribution in [1.82, 2.24) is 0 Å². The number of nitrogens with one attached hydrogen (secondary N) is 1. The second-order valence-corrected chi connectivity index (χ2v) is 6.22. The summed E-state index contributed by atoms with van der Waals surface area (Å²) in [6.07, 6.45) is 3.00. The molecule has 1 aromatic rings. The lowest BCUT2D eigenvalue weighted by atomic mass is 9.68. The van der Waals surface area contributed by atoms with E-state index in [2.05, 4.69) is 19.2 Å². The number of anilines is 1. The van der Waals surface area contributed by atoms with E-state index in [1.807, 2.05) is 0 Å². The Kier molecular flexibility index (Phi) is 3.52. The second-order valence-electron chi connectivity index (χ2n) is 6.22. The number of carbonyl (C=O) groups is 1. The summed E-state index contributed by atoms with van der Waals surface area (Å²) >= 11 is 0. The zero-order valence-corrected chi connectivity index (χ0v) is 11.4. The van der Waals surface area contributed by atoms with Crippen LogP contribution in [0.25, 0.3) is 0 Å². The standard InChI is InChI=1S/C15H20FNO2/c1-14(2)7-4-8-15(10-14,13(18)19)17-12-6-3-5-11(16)9-12/h3,5-6,9,17H,4,7-8,10H2,1-2H3,(H,18,19). The highest BCUT2D eigenvalue weighted by Crippen LogP contribution is 2.42. The normalized spacial score (nSPS) is 25.8. The zero-order chi connectivity index (χ0) is 14.1. The molecule has 0 radical (unpaired) electrons. The van der Waals surface area contributed by atoms with Gasteiger partial charge >= 0.3 is 5.97 Å². The molecule has 4 heteroatoms. The number of benzene rings is 1. The molecule has 0 bridgehead atoms. The lowest BCUT2D eigenvalue weighted by Crippen LogP contribution is -2.51. The van der Waals surface area contributed by atoms with Crippen molar-refractivity contribution in [2.75, 3.05) is 5.32 Å². The molecule has 0 spiro atoms. The Bertz CT molecular complexity index is 487. The van der Waals surface area contributed by atoms with Crippen molar-refractivity contribution >= 4 is 11.7 Å². The maximum absolute atomic E-state index is 13.2. The molecule has 0 amide bonds. The van der Waals surface area contributed by atoms with Crippen LogP contribution in [0.15, 0.2) is 24.3 Å². The number of aliphatic carboxylic acids is 1. The summed E-state index contributed by atoms with van der Waals surface area (Å²) in [5, 5.41) is 12.6. The van der Waals surface area contributed by atoms with Crippen molar-refractivity contribution in [2.45, 2.75) is 45.1 Å². The smallest absolute Gasteiger partial charge is 0.329 e. The van der Waals surface area contributed by atoms with Gasteiger partial charge in [0.25, 0.3) is 0 Å². The first-order valence-corrected chi connectivity index (χ1v) is 6.60. The lowest BCUT2D eigenvalue weighted by Gasteiger charge is -2.43. The van der Waals surface area contributed by atoms with Crippen molar-refractivity contribution in [3.8, 4) is 0 Å². The van der Waals surface area contributed by atoms with Gasteiger partial charge < -0.3 is 10.4 Å². The van der Waals surface area contributed by atoms with Crippen LogP contribution in [-0.2, 0) is 4.79 Å². The Morgan fingerprint density at radius 1 is 1.37 bits per heavy atom. The monoisotopic (exact) mass is 265 g/mol. The lowest BCUT2D eigenvalue weighted by molar-refractivity contribution is -0.145. The summed E-state index contributed by atoms with van der Waals surface area (Å²) in [5.41, 5.74) is -0.480. The Balaban J connectivity index is 2.28. The van der Waals surface area contributed by atoms with Crippen LogP contribution in [0.1, 0.15) is 39.5 Å². The van der Waals surface area contributed by atoms with Crippen LogP contribution in [0.3, 0.4) is 0 Å². The minimum atomic E-state index is -0.991. The van der Waals surface area contributed by atoms with Crippen LogP contribution in [0.5, 0.6) is 0 Å². The molecule has 1 aliphatic rings. The quantitative estimate of drug-likeness (QED) is 0.876. The molecule has 1 saturated carbocycles. The van der Waals surface area contributed by atoms with Crippen LogP contribution < -0.4 is 5.32 Å². The average Bonchev–Trinajstić information content (AvgIpc) is 2.27. The van der Waals surface area contributed by atoms with Gasteiger partial charge in [-0.25, -0.2) is 9.18 Å². The molecule has 1 atom stereocenters. The molecule has 2 rings (SSSR count). The predicted octanol–water partition coefficient (Wildman–Crippen LogP) is 3.66. The number of rotatable bonds is 3. The van der Waals surface area contributed by atoms with Crippen LogP contribution in [0.4, 0.5) is 10.1 Å². The Hall–Kier alpha value is -1.58. The first-order chi connectivity index (χ1) is 8.83. The van der Waals surface area contributed by atoms with Gasteiger partial charge in [0.05, 0.1) is 0 Å². The molecule has 104 valence electrons. The van der Waals surface area contributed by atoms with Crippen molar-refractivity contribution in [2.24, 2.45) is 5.41 Å². The van der Waals surface area contributed by atoms with Crippen LogP contribution >= 0.6 is 0 Å². The summed E-state index contributed by atoms with van der Waals surface area (Å²) in [4.78, 5) is 11.7. The minimum Gasteiger partial charge on any atom is -0.480 e. The largest absolute Gasteiger partial charge is 0.480 e. The van der Waals surface area contributed by atoms with E-state index in [4.69, 9.17) is 0 Å². The first kappa shape index (κ1) is 13.8. The third-order valence-electron chi connectivity index (χ3n) is 3.86. The first-order valence-electron chi connectivity index (χ1n) is 6.60. The molecule has 0 saturated heterocycles. The predicted molar refractivity (Wildman–Crippen MR) is 72.6 cm³/mol. The summed E-state index contributed by atoms with van der Waals surface area (Å²) in [5.74, 6) is -1.22. The zero-order valence-electron chi connectivity index (χ0n) is 11.4. The SMILES string of the molecule is CC1(C)CCCC(Nc2cccc(F)c2)(C(=O)O)C1. The van der Waals surface area contributed by atoms with E-state index < -0.39 is 11.5 Å². The van der Waals surface area contributed by atoms with Gasteiger partial charge in [0.15, 0.2) is 0 Å². The Morgan fingerprint density at radius 3 is 2.68 bits per heavy atom. The van der Waals surface area contributed by atoms with Gasteiger partial charge in [-0.1, -0.05) is 19.9 Å². The van der Waals surface area contributed by atoms with Crippen molar-refractivity contribution < 1.29 is 14.3 Å². The topological polar surface area (TPSA) is 49.3 Å². The van der Waals surface area contributed by atoms with E-state index in [0.717, 1.165) is 12.8 Å². The van der Waals surface area contributed by atoms with E-state index in [9.17, 15) is 14.3 Å². The summed E-state index contributed by atoms with van der Waals surface area (Å²) < 4.78 is 13.2. The summed E-state index contributed by atoms with van der Waals surface area (Å²) in [6.45, 7) is 4.16. The number of hydrogen-bond acceptors (Lipinski definition) is 2. The number of carboxylic acid groups (broad SMARTS) is 1. The molecular weight excluding hydrogens is 245 g/mol. The number of halogens is 1. The molecule has 1 fully saturated rings. The molecule has 2 N–H and O–H groups in total. The van der Waals surface area contributed by atoms with Crippen LogP contribution in [0, 0.1) is 11.2 Å². The van der Waals surface area contributed by atoms with Crippen molar-refractivity contribution in [1.29, 1.82) is 0 Å². The van der Waals surface area contributed by atoms with Crippen molar-refractivity contribution in [3.63, 3.8) is 0 Å². The Morgan fingerprint density at radius 2 is 2.11 bits per heavy atom. The third-order valence-corrected chi connectivity index (χ3v) is 3.86. The van der Waals surface area contributed by atoms with Crippen LogP contribution in [-0.4, -0.2) is 16.6 Å². The van der Waals surface area contributed by atoms with E-state index in [-0.39, 0.29) is 11.2 Å².